The van der Waals surface area contributed by atoms with Crippen LogP contribution in [0.25, 0.3) is 0 Å². The third-order valence-corrected chi connectivity index (χ3v) is 5.59. The molecule has 0 radical (unpaired) electrons. The Bertz CT molecular complexity index is 726. The zero-order chi connectivity index (χ0) is 25.3. The van der Waals surface area contributed by atoms with Crippen LogP contribution in [-0.2, 0) is 23.9 Å². The maximum Gasteiger partial charge on any atom is 0.408 e. The first kappa shape index (κ1) is 28.2. The summed E-state index contributed by atoms with van der Waals surface area (Å²) < 4.78 is 5.28. The standard InChI is InChI=1S/C22H37N3O8/c1-6-13(2)17(24-21(32)33-22(3,4)5)19(29)25-11-9-14(10-12-25)18(28)23-15(20(30)31)7-8-16(26)27/h13-15,17H,6-12H2,1-5H3,(H,23,28)(H,24,32)(H,26,27)(H,30,31)/t13-,15-,17-/m0/s1. The van der Waals surface area contributed by atoms with Gasteiger partial charge >= 0.3 is 18.0 Å². The van der Waals surface area contributed by atoms with Gasteiger partial charge in [-0.1, -0.05) is 20.3 Å². The molecular weight excluding hydrogens is 434 g/mol. The lowest BCUT2D eigenvalue weighted by Gasteiger charge is -2.35. The zero-order valence-corrected chi connectivity index (χ0v) is 20.1. The molecule has 0 spiro atoms. The largest absolute Gasteiger partial charge is 0.481 e. The number of carbonyl (C=O) groups is 5. The number of likely N-dealkylation sites (tertiary alicyclic amines) is 1. The van der Waals surface area contributed by atoms with Gasteiger partial charge in [-0.3, -0.25) is 14.4 Å². The molecule has 1 aliphatic rings. The lowest BCUT2D eigenvalue weighted by atomic mass is 9.93. The topological polar surface area (TPSA) is 162 Å². The Balaban J connectivity index is 2.71. The molecule has 1 aliphatic heterocycles. The highest BCUT2D eigenvalue weighted by Gasteiger charge is 2.35. The number of carboxylic acids is 2. The number of nitrogens with one attached hydrogen (secondary N) is 2. The highest BCUT2D eigenvalue weighted by Crippen LogP contribution is 2.21. The average Bonchev–Trinajstić information content (AvgIpc) is 2.72. The van der Waals surface area contributed by atoms with Crippen molar-refractivity contribution in [1.29, 1.82) is 0 Å². The van der Waals surface area contributed by atoms with Crippen molar-refractivity contribution >= 4 is 29.8 Å². The normalized spacial score (nSPS) is 17.4. The molecule has 3 amide bonds. The maximum absolute atomic E-state index is 13.1. The number of rotatable bonds is 10. The number of carboxylic acid groups (broad SMARTS) is 2. The first-order chi connectivity index (χ1) is 15.2. The second-order valence-electron chi connectivity index (χ2n) is 9.44. The van der Waals surface area contributed by atoms with Crippen LogP contribution in [0.4, 0.5) is 4.79 Å². The number of ether oxygens (including phenoxy) is 1. The minimum Gasteiger partial charge on any atom is -0.481 e. The van der Waals surface area contributed by atoms with Gasteiger partial charge < -0.3 is 30.5 Å². The van der Waals surface area contributed by atoms with Crippen molar-refractivity contribution in [3.63, 3.8) is 0 Å². The van der Waals surface area contributed by atoms with Crippen molar-refractivity contribution in [3.05, 3.63) is 0 Å². The van der Waals surface area contributed by atoms with Crippen LogP contribution in [-0.4, -0.2) is 75.7 Å². The van der Waals surface area contributed by atoms with Gasteiger partial charge in [0.1, 0.15) is 17.7 Å². The second-order valence-corrected chi connectivity index (χ2v) is 9.44. The summed E-state index contributed by atoms with van der Waals surface area (Å²) in [6.45, 7) is 9.56. The lowest BCUT2D eigenvalue weighted by Crippen LogP contribution is -2.55. The van der Waals surface area contributed by atoms with E-state index in [1.54, 1.807) is 25.7 Å². The molecule has 0 aromatic heterocycles. The van der Waals surface area contributed by atoms with Crippen LogP contribution in [0.3, 0.4) is 0 Å². The van der Waals surface area contributed by atoms with Crippen LogP contribution in [0.15, 0.2) is 0 Å². The van der Waals surface area contributed by atoms with Crippen molar-refractivity contribution in [1.82, 2.24) is 15.5 Å². The van der Waals surface area contributed by atoms with Crippen molar-refractivity contribution in [2.45, 2.75) is 84.4 Å². The summed E-state index contributed by atoms with van der Waals surface area (Å²) in [5.74, 6) is -3.76. The maximum atomic E-state index is 13.1. The fraction of sp³-hybridized carbons (Fsp3) is 0.773. The summed E-state index contributed by atoms with van der Waals surface area (Å²) in [4.78, 5) is 61.4. The Morgan fingerprint density at radius 2 is 1.64 bits per heavy atom. The van der Waals surface area contributed by atoms with Crippen LogP contribution in [0, 0.1) is 11.8 Å². The summed E-state index contributed by atoms with van der Waals surface area (Å²) in [6, 6.07) is -2.04. The molecule has 0 aromatic carbocycles. The van der Waals surface area contributed by atoms with Crippen LogP contribution in [0.5, 0.6) is 0 Å². The van der Waals surface area contributed by atoms with E-state index in [9.17, 15) is 29.1 Å². The van der Waals surface area contributed by atoms with E-state index in [-0.39, 0.29) is 37.8 Å². The molecule has 3 atom stereocenters. The SMILES string of the molecule is CC[C@H](C)[C@H](NC(=O)OC(C)(C)C)C(=O)N1CCC(C(=O)N[C@@H](CCC(=O)O)C(=O)O)CC1. The number of carbonyl (C=O) groups excluding carboxylic acids is 3. The van der Waals surface area contributed by atoms with E-state index in [0.717, 1.165) is 0 Å². The molecule has 1 heterocycles. The number of hydrogen-bond acceptors (Lipinski definition) is 6. The fourth-order valence-electron chi connectivity index (χ4n) is 3.49. The molecule has 0 unspecified atom stereocenters. The van der Waals surface area contributed by atoms with Gasteiger partial charge in [0.05, 0.1) is 0 Å². The van der Waals surface area contributed by atoms with Gasteiger partial charge in [-0.2, -0.15) is 0 Å². The highest BCUT2D eigenvalue weighted by atomic mass is 16.6. The van der Waals surface area contributed by atoms with E-state index in [2.05, 4.69) is 10.6 Å². The molecule has 4 N–H and O–H groups in total. The third-order valence-electron chi connectivity index (χ3n) is 5.59. The Morgan fingerprint density at radius 1 is 1.06 bits per heavy atom. The molecule has 0 saturated carbocycles. The zero-order valence-electron chi connectivity index (χ0n) is 20.1. The lowest BCUT2D eigenvalue weighted by molar-refractivity contribution is -0.144. The van der Waals surface area contributed by atoms with Crippen molar-refractivity contribution < 1.29 is 38.9 Å². The minimum atomic E-state index is -1.29. The number of hydrogen-bond donors (Lipinski definition) is 4. The summed E-state index contributed by atoms with van der Waals surface area (Å²) in [5, 5.41) is 23.0. The van der Waals surface area contributed by atoms with Gasteiger partial charge in [0, 0.05) is 25.4 Å². The Kier molecular flexibility index (Phi) is 10.6. The quantitative estimate of drug-likeness (QED) is 0.373. The first-order valence-electron chi connectivity index (χ1n) is 11.3. The summed E-state index contributed by atoms with van der Waals surface area (Å²) >= 11 is 0. The van der Waals surface area contributed by atoms with Crippen molar-refractivity contribution in [2.75, 3.05) is 13.1 Å². The van der Waals surface area contributed by atoms with E-state index in [1.165, 1.54) is 0 Å². The van der Waals surface area contributed by atoms with E-state index in [0.29, 0.717) is 19.3 Å². The average molecular weight is 472 g/mol. The van der Waals surface area contributed by atoms with E-state index in [1.807, 2.05) is 13.8 Å². The Morgan fingerprint density at radius 3 is 2.09 bits per heavy atom. The van der Waals surface area contributed by atoms with Crippen LogP contribution >= 0.6 is 0 Å². The first-order valence-corrected chi connectivity index (χ1v) is 11.3. The van der Waals surface area contributed by atoms with E-state index < -0.39 is 47.5 Å². The van der Waals surface area contributed by atoms with Gasteiger partial charge in [0.2, 0.25) is 11.8 Å². The highest BCUT2D eigenvalue weighted by molar-refractivity contribution is 5.87. The minimum absolute atomic E-state index is 0.128. The molecular formula is C22H37N3O8. The summed E-state index contributed by atoms with van der Waals surface area (Å²) in [7, 11) is 0. The van der Waals surface area contributed by atoms with Gasteiger partial charge in [0.25, 0.3) is 0 Å². The summed E-state index contributed by atoms with van der Waals surface area (Å²) in [6.07, 6.45) is 0.0895. The van der Waals surface area contributed by atoms with Crippen LogP contribution < -0.4 is 10.6 Å². The molecule has 0 bridgehead atoms. The van der Waals surface area contributed by atoms with Gasteiger partial charge in [-0.05, 0) is 46.0 Å². The molecule has 1 fully saturated rings. The molecule has 188 valence electrons. The monoisotopic (exact) mass is 471 g/mol. The second kappa shape index (κ2) is 12.4. The van der Waals surface area contributed by atoms with Crippen molar-refractivity contribution in [3.8, 4) is 0 Å². The number of aliphatic carboxylic acids is 2. The molecule has 33 heavy (non-hydrogen) atoms. The number of nitrogens with zero attached hydrogens (tertiary/aromatic N) is 1. The predicted octanol–water partition coefficient (Wildman–Crippen LogP) is 1.60. The fourth-order valence-corrected chi connectivity index (χ4v) is 3.49. The third kappa shape index (κ3) is 9.67. The Hall–Kier alpha value is -2.85. The van der Waals surface area contributed by atoms with Crippen LogP contribution in [0.2, 0.25) is 0 Å². The smallest absolute Gasteiger partial charge is 0.408 e. The van der Waals surface area contributed by atoms with Crippen molar-refractivity contribution in [2.24, 2.45) is 11.8 Å². The molecule has 0 aromatic rings. The number of alkyl carbamates (subject to hydrolysis) is 1. The molecule has 11 nitrogen and oxygen atoms in total. The number of piperidine rings is 1. The summed E-state index contributed by atoms with van der Waals surface area (Å²) in [5.41, 5.74) is -0.697. The van der Waals surface area contributed by atoms with E-state index in [4.69, 9.17) is 9.84 Å². The molecule has 11 heteroatoms. The van der Waals surface area contributed by atoms with Crippen LogP contribution in [0.1, 0.15) is 66.7 Å². The molecule has 1 rings (SSSR count). The predicted molar refractivity (Wildman–Crippen MR) is 118 cm³/mol. The van der Waals surface area contributed by atoms with Gasteiger partial charge in [-0.15, -0.1) is 0 Å². The molecule has 0 aliphatic carbocycles. The Labute approximate surface area is 194 Å². The van der Waals surface area contributed by atoms with Gasteiger partial charge in [0.15, 0.2) is 0 Å². The van der Waals surface area contributed by atoms with E-state index >= 15 is 0 Å². The van der Waals surface area contributed by atoms with Gasteiger partial charge in [-0.25, -0.2) is 9.59 Å². The molecule has 1 saturated heterocycles. The number of amides is 3.